The normalized spacial score (nSPS) is 12.3. The van der Waals surface area contributed by atoms with E-state index in [1.807, 2.05) is 0 Å². The van der Waals surface area contributed by atoms with Crippen LogP contribution in [0.3, 0.4) is 0 Å². The summed E-state index contributed by atoms with van der Waals surface area (Å²) < 4.78 is 0. The Kier molecular flexibility index (Phi) is 21.8. The van der Waals surface area contributed by atoms with Crippen molar-refractivity contribution in [1.82, 2.24) is 0 Å². The quantitative estimate of drug-likeness (QED) is 0.267. The number of allylic oxidation sites excluding steroid dienone is 1. The standard InChI is InChI=1S/C18H34O3.Ca.2H/c1-2-3-4-11-14-17(19)15-12-9-7-5-6-8-10-13-16-18(20)21;;;/h9,12,17,19H,2-8,10-11,13-16H2,1H3,(H,20,21);;;/b12-9-;;;. The molecule has 1 unspecified atom stereocenters. The summed E-state index contributed by atoms with van der Waals surface area (Å²) in [4.78, 5) is 10.3. The zero-order chi connectivity index (χ0) is 15.8. The zero-order valence-electron chi connectivity index (χ0n) is 13.7. The van der Waals surface area contributed by atoms with Gasteiger partial charge >= 0.3 is 43.7 Å². The summed E-state index contributed by atoms with van der Waals surface area (Å²) in [5, 5.41) is 18.3. The second-order valence-electron chi connectivity index (χ2n) is 5.91. The van der Waals surface area contributed by atoms with E-state index in [9.17, 15) is 9.90 Å². The molecule has 0 saturated heterocycles. The number of carbonyl (C=O) groups is 1. The molecule has 0 amide bonds. The first kappa shape index (κ1) is 24.7. The number of carboxylic acids is 1. The van der Waals surface area contributed by atoms with Gasteiger partial charge in [0.05, 0.1) is 6.10 Å². The molecule has 0 aliphatic heterocycles. The van der Waals surface area contributed by atoms with E-state index in [1.165, 1.54) is 25.7 Å². The minimum atomic E-state index is -0.689. The molecule has 0 bridgehead atoms. The number of hydrogen-bond donors (Lipinski definition) is 2. The predicted molar refractivity (Wildman–Crippen MR) is 97.0 cm³/mol. The maximum absolute atomic E-state index is 10.3. The van der Waals surface area contributed by atoms with Gasteiger partial charge in [0.1, 0.15) is 0 Å². The first-order valence-electron chi connectivity index (χ1n) is 8.71. The third-order valence-electron chi connectivity index (χ3n) is 3.73. The van der Waals surface area contributed by atoms with Gasteiger partial charge in [-0.25, -0.2) is 0 Å². The molecular formula is C18H36CaO3. The van der Waals surface area contributed by atoms with Crippen LogP contribution in [0, 0.1) is 0 Å². The van der Waals surface area contributed by atoms with Crippen molar-refractivity contribution in [2.75, 3.05) is 0 Å². The Labute approximate surface area is 166 Å². The van der Waals surface area contributed by atoms with Crippen molar-refractivity contribution < 1.29 is 15.0 Å². The van der Waals surface area contributed by atoms with Gasteiger partial charge in [0.25, 0.3) is 0 Å². The molecule has 0 aliphatic rings. The summed E-state index contributed by atoms with van der Waals surface area (Å²) in [5.74, 6) is -0.689. The van der Waals surface area contributed by atoms with Crippen LogP contribution in [-0.2, 0) is 4.79 Å². The summed E-state index contributed by atoms with van der Waals surface area (Å²) in [7, 11) is 0. The second kappa shape index (κ2) is 19.5. The van der Waals surface area contributed by atoms with Crippen LogP contribution in [0.25, 0.3) is 0 Å². The van der Waals surface area contributed by atoms with Gasteiger partial charge in [0, 0.05) is 6.42 Å². The van der Waals surface area contributed by atoms with E-state index in [1.54, 1.807) is 0 Å². The monoisotopic (exact) mass is 340 g/mol. The third-order valence-corrected chi connectivity index (χ3v) is 3.73. The Morgan fingerprint density at radius 2 is 1.59 bits per heavy atom. The van der Waals surface area contributed by atoms with Crippen LogP contribution < -0.4 is 0 Å². The van der Waals surface area contributed by atoms with Crippen molar-refractivity contribution in [3.05, 3.63) is 12.2 Å². The van der Waals surface area contributed by atoms with Crippen LogP contribution in [0.4, 0.5) is 0 Å². The van der Waals surface area contributed by atoms with Crippen molar-refractivity contribution in [3.63, 3.8) is 0 Å². The van der Waals surface area contributed by atoms with E-state index in [4.69, 9.17) is 5.11 Å². The summed E-state index contributed by atoms with van der Waals surface area (Å²) in [6.07, 6.45) is 17.4. The van der Waals surface area contributed by atoms with Gasteiger partial charge in [-0.1, -0.05) is 64.0 Å². The third kappa shape index (κ3) is 20.4. The molecule has 0 aromatic heterocycles. The number of aliphatic carboxylic acids is 1. The van der Waals surface area contributed by atoms with E-state index in [0.717, 1.165) is 51.4 Å². The van der Waals surface area contributed by atoms with Crippen LogP contribution in [0.15, 0.2) is 12.2 Å². The van der Waals surface area contributed by atoms with Gasteiger partial charge in [0.15, 0.2) is 0 Å². The van der Waals surface area contributed by atoms with Crippen LogP contribution in [-0.4, -0.2) is 60.0 Å². The van der Waals surface area contributed by atoms with Crippen LogP contribution >= 0.6 is 0 Å². The van der Waals surface area contributed by atoms with Crippen LogP contribution in [0.5, 0.6) is 0 Å². The molecule has 3 nitrogen and oxygen atoms in total. The molecule has 2 N–H and O–H groups in total. The molecule has 4 heteroatoms. The van der Waals surface area contributed by atoms with Gasteiger partial charge in [-0.05, 0) is 32.1 Å². The van der Waals surface area contributed by atoms with Crippen molar-refractivity contribution in [3.8, 4) is 0 Å². The van der Waals surface area contributed by atoms with Crippen molar-refractivity contribution in [2.45, 2.75) is 96.5 Å². The van der Waals surface area contributed by atoms with E-state index in [2.05, 4.69) is 19.1 Å². The van der Waals surface area contributed by atoms with Gasteiger partial charge in [0.2, 0.25) is 0 Å². The van der Waals surface area contributed by atoms with Crippen molar-refractivity contribution >= 4 is 43.7 Å². The average Bonchev–Trinajstić information content (AvgIpc) is 2.45. The zero-order valence-corrected chi connectivity index (χ0v) is 13.7. The molecule has 1 atom stereocenters. The summed E-state index contributed by atoms with van der Waals surface area (Å²) in [5.41, 5.74) is 0. The minimum absolute atomic E-state index is 0. The SMILES string of the molecule is CCCCCCC(O)C/C=C\CCCCCCCC(=O)O.[CaH2]. The average molecular weight is 341 g/mol. The van der Waals surface area contributed by atoms with Gasteiger partial charge in [-0.15, -0.1) is 0 Å². The summed E-state index contributed by atoms with van der Waals surface area (Å²) >= 11 is 0. The van der Waals surface area contributed by atoms with Crippen LogP contribution in [0.1, 0.15) is 90.4 Å². The molecule has 0 spiro atoms. The Morgan fingerprint density at radius 3 is 2.27 bits per heavy atom. The van der Waals surface area contributed by atoms with Crippen molar-refractivity contribution in [1.29, 1.82) is 0 Å². The number of rotatable bonds is 15. The van der Waals surface area contributed by atoms with E-state index in [-0.39, 0.29) is 43.8 Å². The number of unbranched alkanes of at least 4 members (excludes halogenated alkanes) is 8. The van der Waals surface area contributed by atoms with Crippen LogP contribution in [0.2, 0.25) is 0 Å². The second-order valence-corrected chi connectivity index (χ2v) is 5.91. The molecule has 0 aromatic rings. The van der Waals surface area contributed by atoms with Gasteiger partial charge in [-0.2, -0.15) is 0 Å². The maximum atomic E-state index is 10.3. The summed E-state index contributed by atoms with van der Waals surface area (Å²) in [6.45, 7) is 2.20. The molecule has 0 radical (unpaired) electrons. The van der Waals surface area contributed by atoms with Crippen molar-refractivity contribution in [2.24, 2.45) is 0 Å². The van der Waals surface area contributed by atoms with E-state index < -0.39 is 5.97 Å². The molecule has 22 heavy (non-hydrogen) atoms. The van der Waals surface area contributed by atoms with E-state index >= 15 is 0 Å². The fraction of sp³-hybridized carbons (Fsp3) is 0.833. The Morgan fingerprint density at radius 1 is 0.955 bits per heavy atom. The number of hydrogen-bond acceptors (Lipinski definition) is 2. The molecule has 0 rings (SSSR count). The first-order valence-corrected chi connectivity index (χ1v) is 8.71. The molecule has 0 aliphatic carbocycles. The Hall–Kier alpha value is 0.430. The topological polar surface area (TPSA) is 57.5 Å². The number of aliphatic hydroxyl groups is 1. The first-order chi connectivity index (χ1) is 10.2. The Balaban J connectivity index is 0. The number of aliphatic hydroxyl groups excluding tert-OH is 1. The number of carboxylic acid groups (broad SMARTS) is 1. The molecule has 128 valence electrons. The van der Waals surface area contributed by atoms with E-state index in [0.29, 0.717) is 6.42 Å². The molecule has 0 aromatic carbocycles. The van der Waals surface area contributed by atoms with Gasteiger partial charge in [-0.3, -0.25) is 4.79 Å². The molecular weight excluding hydrogens is 304 g/mol. The summed E-state index contributed by atoms with van der Waals surface area (Å²) in [6, 6.07) is 0. The molecule has 0 heterocycles. The predicted octanol–water partition coefficient (Wildman–Crippen LogP) is 4.16. The fourth-order valence-corrected chi connectivity index (χ4v) is 2.36. The molecule has 0 saturated carbocycles. The Bertz CT molecular complexity index is 267. The molecule has 0 fully saturated rings. The van der Waals surface area contributed by atoms with Gasteiger partial charge < -0.3 is 10.2 Å². The fourth-order valence-electron chi connectivity index (χ4n) is 2.36.